The second-order valence-electron chi connectivity index (χ2n) is 4.18. The Balaban J connectivity index is 2.30. The van der Waals surface area contributed by atoms with E-state index in [9.17, 15) is 4.79 Å². The Bertz CT molecular complexity index is 612. The average molecular weight is 306 g/mol. The molecule has 0 fully saturated rings. The van der Waals surface area contributed by atoms with Crippen LogP contribution in [-0.4, -0.2) is 19.1 Å². The molecule has 0 aliphatic heterocycles. The molecule has 0 saturated heterocycles. The predicted octanol–water partition coefficient (Wildman–Crippen LogP) is 3.38. The summed E-state index contributed by atoms with van der Waals surface area (Å²) >= 11 is 1.38. The van der Waals surface area contributed by atoms with Gasteiger partial charge >= 0.3 is 0 Å². The van der Waals surface area contributed by atoms with Gasteiger partial charge in [-0.15, -0.1) is 11.3 Å². The van der Waals surface area contributed by atoms with Gasteiger partial charge < -0.3 is 20.5 Å². The molecule has 1 amide bonds. The number of amides is 1. The Labute approximate surface area is 127 Å². The second-order valence-corrected chi connectivity index (χ2v) is 5.13. The molecule has 0 bridgehead atoms. The van der Waals surface area contributed by atoms with Gasteiger partial charge in [-0.25, -0.2) is 0 Å². The van der Waals surface area contributed by atoms with Crippen LogP contribution in [0, 0.1) is 0 Å². The number of nitrogen functional groups attached to an aromatic ring is 1. The van der Waals surface area contributed by atoms with Crippen molar-refractivity contribution in [1.82, 2.24) is 0 Å². The first-order valence-corrected chi connectivity index (χ1v) is 7.57. The minimum absolute atomic E-state index is 0.182. The molecule has 0 atom stereocenters. The molecule has 112 valence electrons. The fourth-order valence-electron chi connectivity index (χ4n) is 1.82. The number of nitrogens with two attached hydrogens (primary N) is 1. The average Bonchev–Trinajstić information content (AvgIpc) is 2.98. The molecule has 0 aliphatic rings. The highest BCUT2D eigenvalue weighted by Crippen LogP contribution is 2.35. The van der Waals surface area contributed by atoms with Crippen LogP contribution in [0.2, 0.25) is 0 Å². The first-order chi connectivity index (χ1) is 10.2. The molecule has 6 heteroatoms. The molecule has 0 aliphatic carbocycles. The molecule has 0 saturated carbocycles. The molecular formula is C15H18N2O3S. The number of hydrogen-bond acceptors (Lipinski definition) is 5. The Morgan fingerprint density at radius 3 is 2.57 bits per heavy atom. The van der Waals surface area contributed by atoms with E-state index in [4.69, 9.17) is 15.2 Å². The number of rotatable bonds is 6. The highest BCUT2D eigenvalue weighted by Gasteiger charge is 2.14. The normalized spacial score (nSPS) is 10.2. The van der Waals surface area contributed by atoms with Crippen LogP contribution in [0.1, 0.15) is 23.5 Å². The van der Waals surface area contributed by atoms with Crippen molar-refractivity contribution in [3.05, 3.63) is 34.5 Å². The van der Waals surface area contributed by atoms with E-state index in [1.807, 2.05) is 25.3 Å². The third-order valence-electron chi connectivity index (χ3n) is 2.70. The van der Waals surface area contributed by atoms with Crippen molar-refractivity contribution in [1.29, 1.82) is 0 Å². The summed E-state index contributed by atoms with van der Waals surface area (Å²) in [4.78, 5) is 12.8. The van der Waals surface area contributed by atoms with E-state index in [0.29, 0.717) is 41.0 Å². The Morgan fingerprint density at radius 2 is 1.95 bits per heavy atom. The minimum Gasteiger partial charge on any atom is -0.492 e. The van der Waals surface area contributed by atoms with Gasteiger partial charge in [0, 0.05) is 12.1 Å². The van der Waals surface area contributed by atoms with E-state index >= 15 is 0 Å². The third-order valence-corrected chi connectivity index (χ3v) is 3.57. The van der Waals surface area contributed by atoms with E-state index in [-0.39, 0.29) is 5.91 Å². The number of carbonyl (C=O) groups is 1. The van der Waals surface area contributed by atoms with Gasteiger partial charge in [0.05, 0.1) is 29.5 Å². The maximum Gasteiger partial charge on any atom is 0.265 e. The molecule has 0 radical (unpaired) electrons. The maximum atomic E-state index is 12.2. The first kappa shape index (κ1) is 15.2. The van der Waals surface area contributed by atoms with Gasteiger partial charge in [0.25, 0.3) is 5.91 Å². The van der Waals surface area contributed by atoms with Crippen molar-refractivity contribution in [3.8, 4) is 11.5 Å². The highest BCUT2D eigenvalue weighted by molar-refractivity contribution is 7.12. The van der Waals surface area contributed by atoms with E-state index in [1.54, 1.807) is 18.2 Å². The molecule has 3 N–H and O–H groups in total. The molecule has 0 spiro atoms. The van der Waals surface area contributed by atoms with Gasteiger partial charge in [0.15, 0.2) is 0 Å². The maximum absolute atomic E-state index is 12.2. The summed E-state index contributed by atoms with van der Waals surface area (Å²) in [7, 11) is 0. The number of carbonyl (C=O) groups excluding carboxylic acids is 1. The van der Waals surface area contributed by atoms with E-state index in [2.05, 4.69) is 5.32 Å². The summed E-state index contributed by atoms with van der Waals surface area (Å²) in [5.41, 5.74) is 6.95. The van der Waals surface area contributed by atoms with Gasteiger partial charge in [0.2, 0.25) is 0 Å². The molecular weight excluding hydrogens is 288 g/mol. The van der Waals surface area contributed by atoms with E-state index in [0.717, 1.165) is 0 Å². The lowest BCUT2D eigenvalue weighted by Gasteiger charge is -2.15. The number of hydrogen-bond donors (Lipinski definition) is 2. The van der Waals surface area contributed by atoms with Crippen LogP contribution in [0.15, 0.2) is 29.6 Å². The fraction of sp³-hybridized carbons (Fsp3) is 0.267. The summed E-state index contributed by atoms with van der Waals surface area (Å²) in [6.07, 6.45) is 0. The van der Waals surface area contributed by atoms with Gasteiger partial charge in [-0.3, -0.25) is 4.79 Å². The highest BCUT2D eigenvalue weighted by atomic mass is 32.1. The van der Waals surface area contributed by atoms with Gasteiger partial charge in [0.1, 0.15) is 11.5 Å². The zero-order valence-corrected chi connectivity index (χ0v) is 12.8. The zero-order valence-electron chi connectivity index (χ0n) is 12.0. The SMILES string of the molecule is CCOc1cc(NC(=O)c2cccs2)c(OCC)cc1N. The topological polar surface area (TPSA) is 73.6 Å². The lowest BCUT2D eigenvalue weighted by atomic mass is 10.2. The molecule has 1 aromatic carbocycles. The molecule has 5 nitrogen and oxygen atoms in total. The van der Waals surface area contributed by atoms with Crippen molar-refractivity contribution in [2.24, 2.45) is 0 Å². The first-order valence-electron chi connectivity index (χ1n) is 6.69. The lowest BCUT2D eigenvalue weighted by Crippen LogP contribution is -2.12. The Morgan fingerprint density at radius 1 is 1.24 bits per heavy atom. The fourth-order valence-corrected chi connectivity index (χ4v) is 2.44. The zero-order chi connectivity index (χ0) is 15.2. The molecule has 0 unspecified atom stereocenters. The summed E-state index contributed by atoms with van der Waals surface area (Å²) < 4.78 is 11.0. The monoisotopic (exact) mass is 306 g/mol. The Hall–Kier alpha value is -2.21. The van der Waals surface area contributed by atoms with Crippen LogP contribution < -0.4 is 20.5 Å². The molecule has 21 heavy (non-hydrogen) atoms. The molecule has 2 rings (SSSR count). The van der Waals surface area contributed by atoms with E-state index < -0.39 is 0 Å². The number of ether oxygens (including phenoxy) is 2. The summed E-state index contributed by atoms with van der Waals surface area (Å²) in [5, 5.41) is 4.69. The van der Waals surface area contributed by atoms with E-state index in [1.165, 1.54) is 11.3 Å². The number of benzene rings is 1. The van der Waals surface area contributed by atoms with Crippen molar-refractivity contribution >= 4 is 28.6 Å². The molecule has 1 heterocycles. The van der Waals surface area contributed by atoms with Crippen LogP contribution in [0.25, 0.3) is 0 Å². The molecule has 1 aromatic heterocycles. The second kappa shape index (κ2) is 6.99. The molecule has 2 aromatic rings. The van der Waals surface area contributed by atoms with Crippen molar-refractivity contribution in [2.75, 3.05) is 24.3 Å². The van der Waals surface area contributed by atoms with Gasteiger partial charge in [-0.05, 0) is 25.3 Å². The van der Waals surface area contributed by atoms with Crippen molar-refractivity contribution in [2.45, 2.75) is 13.8 Å². The Kier molecular flexibility index (Phi) is 5.05. The number of thiophene rings is 1. The van der Waals surface area contributed by atoms with Crippen LogP contribution in [0.4, 0.5) is 11.4 Å². The summed E-state index contributed by atoms with van der Waals surface area (Å²) in [6.45, 7) is 4.73. The lowest BCUT2D eigenvalue weighted by molar-refractivity contribution is 0.103. The van der Waals surface area contributed by atoms with Gasteiger partial charge in [-0.2, -0.15) is 0 Å². The van der Waals surface area contributed by atoms with Gasteiger partial charge in [-0.1, -0.05) is 6.07 Å². The minimum atomic E-state index is -0.182. The number of nitrogens with one attached hydrogen (secondary N) is 1. The van der Waals surface area contributed by atoms with Crippen LogP contribution in [0.3, 0.4) is 0 Å². The standard InChI is InChI=1S/C15H18N2O3S/c1-3-19-12-9-11(13(20-4-2)8-10(12)16)17-15(18)14-6-5-7-21-14/h5-9H,3-4,16H2,1-2H3,(H,17,18). The summed E-state index contributed by atoms with van der Waals surface area (Å²) in [5.74, 6) is 0.879. The summed E-state index contributed by atoms with van der Waals surface area (Å²) in [6, 6.07) is 6.95. The largest absolute Gasteiger partial charge is 0.492 e. The quantitative estimate of drug-likeness (QED) is 0.802. The number of anilines is 2. The van der Waals surface area contributed by atoms with Crippen molar-refractivity contribution < 1.29 is 14.3 Å². The third kappa shape index (κ3) is 3.66. The van der Waals surface area contributed by atoms with Crippen LogP contribution in [0.5, 0.6) is 11.5 Å². The smallest absolute Gasteiger partial charge is 0.265 e. The van der Waals surface area contributed by atoms with Crippen LogP contribution >= 0.6 is 11.3 Å². The van der Waals surface area contributed by atoms with Crippen LogP contribution in [-0.2, 0) is 0 Å². The predicted molar refractivity (Wildman–Crippen MR) is 85.5 cm³/mol. The van der Waals surface area contributed by atoms with Crippen molar-refractivity contribution in [3.63, 3.8) is 0 Å².